The largest absolute Gasteiger partial charge is 0.456 e. The Labute approximate surface area is 302 Å². The molecule has 13 rings (SSSR count). The minimum Gasteiger partial charge on any atom is -0.456 e. The van der Waals surface area contributed by atoms with Gasteiger partial charge in [-0.1, -0.05) is 113 Å². The van der Waals surface area contributed by atoms with Crippen molar-refractivity contribution in [2.75, 3.05) is 4.90 Å². The average Bonchev–Trinajstić information content (AvgIpc) is 3.29. The molecular formula is C48H35N3O+2. The molecule has 1 spiro atoms. The fourth-order valence-corrected chi connectivity index (χ4v) is 11.5. The topological polar surface area (TPSA) is 20.2 Å². The molecule has 7 aromatic rings. The van der Waals surface area contributed by atoms with E-state index >= 15 is 0 Å². The second-order valence-corrected chi connectivity index (χ2v) is 16.5. The van der Waals surface area contributed by atoms with E-state index in [9.17, 15) is 0 Å². The molecule has 6 aliphatic rings. The summed E-state index contributed by atoms with van der Waals surface area (Å²) < 4.78 is 12.5. The van der Waals surface area contributed by atoms with Crippen LogP contribution < -0.4 is 18.8 Å². The Morgan fingerprint density at radius 3 is 2.02 bits per heavy atom. The Hall–Kier alpha value is -6.00. The van der Waals surface area contributed by atoms with Gasteiger partial charge in [0.25, 0.3) is 0 Å². The smallest absolute Gasteiger partial charge is 0.374 e. The number of pyridine rings is 2. The number of ether oxygens (including phenoxy) is 1. The van der Waals surface area contributed by atoms with E-state index in [2.05, 4.69) is 175 Å². The zero-order chi connectivity index (χ0) is 34.5. The van der Waals surface area contributed by atoms with E-state index in [-0.39, 0.29) is 16.7 Å². The van der Waals surface area contributed by atoms with Crippen molar-refractivity contribution in [2.45, 2.75) is 50.1 Å². The molecule has 0 bridgehead atoms. The molecule has 1 aliphatic carbocycles. The Morgan fingerprint density at radius 1 is 0.519 bits per heavy atom. The maximum atomic E-state index is 7.24. The van der Waals surface area contributed by atoms with E-state index in [0.29, 0.717) is 0 Å². The van der Waals surface area contributed by atoms with Crippen molar-refractivity contribution in [2.24, 2.45) is 0 Å². The summed E-state index contributed by atoms with van der Waals surface area (Å²) in [7, 11) is 0. The van der Waals surface area contributed by atoms with Gasteiger partial charge in [-0.15, -0.1) is 4.57 Å². The molecule has 4 heteroatoms. The van der Waals surface area contributed by atoms with Crippen LogP contribution in [0.15, 0.2) is 134 Å². The second-order valence-electron chi connectivity index (χ2n) is 16.5. The van der Waals surface area contributed by atoms with E-state index in [4.69, 9.17) is 4.74 Å². The molecule has 246 valence electrons. The summed E-state index contributed by atoms with van der Waals surface area (Å²) >= 11 is 0. The molecule has 2 atom stereocenters. The first-order valence-corrected chi connectivity index (χ1v) is 18.6. The van der Waals surface area contributed by atoms with Crippen molar-refractivity contribution in [3.63, 3.8) is 0 Å². The molecule has 0 saturated carbocycles. The van der Waals surface area contributed by atoms with Crippen LogP contribution in [0, 0.1) is 0 Å². The van der Waals surface area contributed by atoms with Crippen LogP contribution in [0.2, 0.25) is 0 Å². The van der Waals surface area contributed by atoms with Crippen molar-refractivity contribution in [1.82, 2.24) is 0 Å². The average molecular weight is 670 g/mol. The molecule has 2 unspecified atom stereocenters. The summed E-state index contributed by atoms with van der Waals surface area (Å²) in [5.74, 6) is 3.13. The molecule has 4 nitrogen and oxygen atoms in total. The summed E-state index contributed by atoms with van der Waals surface area (Å²) in [5.41, 5.74) is 18.3. The van der Waals surface area contributed by atoms with Crippen LogP contribution in [-0.2, 0) is 16.5 Å². The lowest BCUT2D eigenvalue weighted by Crippen LogP contribution is -2.80. The number of benzene rings is 5. The third-order valence-corrected chi connectivity index (χ3v) is 13.6. The minimum atomic E-state index is -0.751. The number of nitrogens with zero attached hydrogens (tertiary/aromatic N) is 3. The van der Waals surface area contributed by atoms with Gasteiger partial charge in [-0.2, -0.15) is 9.47 Å². The van der Waals surface area contributed by atoms with Crippen LogP contribution in [-0.4, -0.2) is 0 Å². The summed E-state index contributed by atoms with van der Waals surface area (Å²) in [6.45, 7) is 9.63. The normalized spacial score (nSPS) is 21.0. The van der Waals surface area contributed by atoms with Crippen LogP contribution >= 0.6 is 0 Å². The van der Waals surface area contributed by atoms with E-state index in [1.807, 2.05) is 0 Å². The summed E-state index contributed by atoms with van der Waals surface area (Å²) in [4.78, 5) is 2.61. The molecule has 52 heavy (non-hydrogen) atoms. The van der Waals surface area contributed by atoms with Gasteiger partial charge in [-0.3, -0.25) is 0 Å². The first kappa shape index (κ1) is 27.7. The summed E-state index contributed by atoms with van der Waals surface area (Å²) in [6, 6.07) is 45.7. The fraction of sp³-hybridized carbons (Fsp3) is 0.167. The lowest BCUT2D eigenvalue weighted by molar-refractivity contribution is -0.971. The number of aromatic nitrogens is 2. The van der Waals surface area contributed by atoms with E-state index < -0.39 is 5.66 Å². The van der Waals surface area contributed by atoms with Crippen molar-refractivity contribution in [3.8, 4) is 33.8 Å². The van der Waals surface area contributed by atoms with Gasteiger partial charge in [0.1, 0.15) is 22.7 Å². The van der Waals surface area contributed by atoms with Crippen LogP contribution in [0.5, 0.6) is 11.5 Å². The Bertz CT molecular complexity index is 2860. The third-order valence-electron chi connectivity index (χ3n) is 13.6. The van der Waals surface area contributed by atoms with Gasteiger partial charge in [0.05, 0.1) is 17.7 Å². The van der Waals surface area contributed by atoms with Crippen LogP contribution in [0.1, 0.15) is 83.8 Å². The molecule has 7 heterocycles. The monoisotopic (exact) mass is 669 g/mol. The lowest BCUT2D eigenvalue weighted by atomic mass is 9.59. The first-order valence-electron chi connectivity index (χ1n) is 18.6. The van der Waals surface area contributed by atoms with Gasteiger partial charge in [0, 0.05) is 39.7 Å². The maximum Gasteiger partial charge on any atom is 0.374 e. The van der Waals surface area contributed by atoms with Crippen molar-refractivity contribution in [3.05, 3.63) is 184 Å². The number of rotatable bonds is 0. The number of fused-ring (bicyclic) bond motifs is 7. The molecule has 0 radical (unpaired) electrons. The highest BCUT2D eigenvalue weighted by Crippen LogP contribution is 2.67. The molecular weight excluding hydrogens is 635 g/mol. The molecule has 0 saturated heterocycles. The Balaban J connectivity index is 1.30. The zero-order valence-electron chi connectivity index (χ0n) is 29.5. The van der Waals surface area contributed by atoms with Crippen molar-refractivity contribution < 1.29 is 13.9 Å². The molecule has 0 fully saturated rings. The summed E-state index contributed by atoms with van der Waals surface area (Å²) in [6.07, 6.45) is 4.68. The number of para-hydroxylation sites is 1. The maximum absolute atomic E-state index is 7.24. The quantitative estimate of drug-likeness (QED) is 0.150. The lowest BCUT2D eigenvalue weighted by Gasteiger charge is -2.50. The van der Waals surface area contributed by atoms with Gasteiger partial charge in [-0.05, 0) is 57.6 Å². The van der Waals surface area contributed by atoms with Gasteiger partial charge in [0.2, 0.25) is 0 Å². The van der Waals surface area contributed by atoms with Crippen molar-refractivity contribution >= 4 is 17.2 Å². The second kappa shape index (κ2) is 8.54. The number of anilines is 3. The predicted molar refractivity (Wildman–Crippen MR) is 202 cm³/mol. The molecule has 0 amide bonds. The fourth-order valence-electron chi connectivity index (χ4n) is 11.5. The Morgan fingerprint density at radius 2 is 1.15 bits per heavy atom. The van der Waals surface area contributed by atoms with Crippen LogP contribution in [0.3, 0.4) is 0 Å². The highest BCUT2D eigenvalue weighted by Gasteiger charge is 2.71. The zero-order valence-corrected chi connectivity index (χ0v) is 29.5. The van der Waals surface area contributed by atoms with Gasteiger partial charge >= 0.3 is 11.5 Å². The highest BCUT2D eigenvalue weighted by atomic mass is 16.5. The SMILES string of the molecule is CC1(C)c2ccccc2C2c3c1ccc1c3C3(c4c(ccc5c4N4c6c(cccc6C5(C)C)-c5ccccc5-c5ccc[n+]3c54)O1)[n+]1ccccc12. The predicted octanol–water partition coefficient (Wildman–Crippen LogP) is 9.87. The summed E-state index contributed by atoms with van der Waals surface area (Å²) in [5, 5.41) is 0. The van der Waals surface area contributed by atoms with Gasteiger partial charge < -0.3 is 4.74 Å². The van der Waals surface area contributed by atoms with Crippen LogP contribution in [0.25, 0.3) is 22.3 Å². The van der Waals surface area contributed by atoms with Crippen LogP contribution in [0.4, 0.5) is 17.2 Å². The van der Waals surface area contributed by atoms with Gasteiger partial charge in [-0.25, -0.2) is 0 Å². The standard InChI is InChI=1S/C48H35N3O/c1-46(2)32-18-8-7-15-31(32)39-36-20-9-10-25-49(36)48-41-37(23-21-33(46)40(39)41)52-38-24-22-35-44(42(38)48)51-43-29(16-11-19-34(43)47(35,3)4)27-13-5-6-14-28(27)30-17-12-26-50(48)45(30)51/h5-26,39H,1-4H3/q+2. The molecule has 2 aromatic heterocycles. The minimum absolute atomic E-state index is 0.0659. The third kappa shape index (κ3) is 2.72. The molecule has 5 aliphatic heterocycles. The molecule has 0 N–H and O–H groups in total. The van der Waals surface area contributed by atoms with E-state index in [0.717, 1.165) is 11.5 Å². The van der Waals surface area contributed by atoms with Gasteiger partial charge in [0.15, 0.2) is 23.1 Å². The van der Waals surface area contributed by atoms with Crippen molar-refractivity contribution in [1.29, 1.82) is 0 Å². The Kier molecular flexibility index (Phi) is 4.55. The first-order chi connectivity index (χ1) is 25.3. The van der Waals surface area contributed by atoms with E-state index in [1.54, 1.807) is 0 Å². The highest BCUT2D eigenvalue weighted by molar-refractivity contribution is 6.05. The van der Waals surface area contributed by atoms with E-state index in [1.165, 1.54) is 89.6 Å². The number of hydrogen-bond donors (Lipinski definition) is 0. The number of hydrogen-bond acceptors (Lipinski definition) is 2. The molecule has 5 aromatic carbocycles.